The summed E-state index contributed by atoms with van der Waals surface area (Å²) >= 11 is 0. The van der Waals surface area contributed by atoms with E-state index in [-0.39, 0.29) is 22.3 Å². The topological polar surface area (TPSA) is 105 Å². The van der Waals surface area contributed by atoms with Crippen molar-refractivity contribution in [3.05, 3.63) is 63.3 Å². The number of rotatable bonds is 4. The number of nitro groups is 1. The van der Waals surface area contributed by atoms with Crippen molar-refractivity contribution in [2.75, 3.05) is 5.32 Å². The maximum atomic E-state index is 12.3. The van der Waals surface area contributed by atoms with Crippen molar-refractivity contribution in [1.29, 1.82) is 0 Å². The van der Waals surface area contributed by atoms with E-state index in [1.807, 2.05) is 53.7 Å². The highest BCUT2D eigenvalue weighted by atomic mass is 16.6. The number of aromatic hydroxyl groups is 1. The SMILES string of the molecule is CC(C)(C)c1cc(/C=C/C(=O)Nc2cccnc2[N+](=O)[O-])cc(C(C)(C)C)c1O. The lowest BCUT2D eigenvalue weighted by Crippen LogP contribution is -2.17. The van der Waals surface area contributed by atoms with E-state index in [9.17, 15) is 20.0 Å². The first-order valence-electron chi connectivity index (χ1n) is 9.27. The van der Waals surface area contributed by atoms with Crippen LogP contribution in [0.1, 0.15) is 58.2 Å². The van der Waals surface area contributed by atoms with Gasteiger partial charge in [-0.1, -0.05) is 41.5 Å². The number of phenolic OH excluding ortho intramolecular Hbond substituents is 1. The Balaban J connectivity index is 2.37. The quantitative estimate of drug-likeness (QED) is 0.432. The predicted octanol–water partition coefficient (Wildman–Crippen LogP) is 4.94. The van der Waals surface area contributed by atoms with Crippen molar-refractivity contribution in [1.82, 2.24) is 4.98 Å². The number of pyridine rings is 1. The molecule has 7 heteroatoms. The summed E-state index contributed by atoms with van der Waals surface area (Å²) in [7, 11) is 0. The second-order valence-electron chi connectivity index (χ2n) is 8.92. The van der Waals surface area contributed by atoms with Crippen LogP contribution in [-0.4, -0.2) is 20.9 Å². The highest BCUT2D eigenvalue weighted by Crippen LogP contribution is 2.40. The first-order chi connectivity index (χ1) is 13.3. The summed E-state index contributed by atoms with van der Waals surface area (Å²) in [6, 6.07) is 6.63. The average Bonchev–Trinajstić information content (AvgIpc) is 2.59. The Morgan fingerprint density at radius 3 is 2.17 bits per heavy atom. The summed E-state index contributed by atoms with van der Waals surface area (Å²) in [6.45, 7) is 12.1. The van der Waals surface area contributed by atoms with Crippen LogP contribution in [0.5, 0.6) is 5.75 Å². The lowest BCUT2D eigenvalue weighted by molar-refractivity contribution is -0.388. The van der Waals surface area contributed by atoms with E-state index in [2.05, 4.69) is 10.3 Å². The second-order valence-corrected chi connectivity index (χ2v) is 8.92. The fourth-order valence-corrected chi connectivity index (χ4v) is 2.88. The molecule has 0 radical (unpaired) electrons. The number of hydrogen-bond donors (Lipinski definition) is 2. The summed E-state index contributed by atoms with van der Waals surface area (Å²) in [5.41, 5.74) is 1.79. The number of hydrogen-bond acceptors (Lipinski definition) is 5. The monoisotopic (exact) mass is 397 g/mol. The van der Waals surface area contributed by atoms with Crippen molar-refractivity contribution in [2.24, 2.45) is 0 Å². The molecule has 1 aromatic carbocycles. The molecule has 2 aromatic rings. The third-order valence-corrected chi connectivity index (χ3v) is 4.39. The minimum atomic E-state index is -0.648. The van der Waals surface area contributed by atoms with E-state index in [0.29, 0.717) is 0 Å². The van der Waals surface area contributed by atoms with Crippen molar-refractivity contribution >= 4 is 23.5 Å². The van der Waals surface area contributed by atoms with Crippen LogP contribution in [0.4, 0.5) is 11.5 Å². The molecule has 0 saturated heterocycles. The van der Waals surface area contributed by atoms with Crippen LogP contribution in [0, 0.1) is 10.1 Å². The number of benzene rings is 1. The lowest BCUT2D eigenvalue weighted by Gasteiger charge is -2.27. The van der Waals surface area contributed by atoms with Gasteiger partial charge < -0.3 is 20.5 Å². The number of phenols is 1. The Bertz CT molecular complexity index is 932. The van der Waals surface area contributed by atoms with Crippen LogP contribution in [0.25, 0.3) is 6.08 Å². The van der Waals surface area contributed by atoms with Crippen molar-refractivity contribution in [3.63, 3.8) is 0 Å². The molecule has 0 atom stereocenters. The summed E-state index contributed by atoms with van der Waals surface area (Å²) in [6.07, 6.45) is 4.23. The number of carbonyl (C=O) groups is 1. The molecular formula is C22H27N3O4. The number of nitrogens with zero attached hydrogens (tertiary/aromatic N) is 2. The highest BCUT2D eigenvalue weighted by molar-refractivity contribution is 6.03. The molecule has 2 N–H and O–H groups in total. The zero-order chi connectivity index (χ0) is 22.0. The number of carbonyl (C=O) groups excluding carboxylic acids is 1. The molecular weight excluding hydrogens is 370 g/mol. The van der Waals surface area contributed by atoms with Gasteiger partial charge in [0.25, 0.3) is 0 Å². The largest absolute Gasteiger partial charge is 0.507 e. The summed E-state index contributed by atoms with van der Waals surface area (Å²) in [5, 5.41) is 24.3. The second kappa shape index (κ2) is 8.03. The molecule has 2 rings (SSSR count). The molecule has 0 unspecified atom stereocenters. The van der Waals surface area contributed by atoms with Crippen LogP contribution in [0.15, 0.2) is 36.5 Å². The van der Waals surface area contributed by atoms with E-state index >= 15 is 0 Å². The van der Waals surface area contributed by atoms with E-state index in [1.165, 1.54) is 24.4 Å². The molecule has 1 amide bonds. The molecule has 0 aliphatic rings. The fourth-order valence-electron chi connectivity index (χ4n) is 2.88. The van der Waals surface area contributed by atoms with E-state index in [1.54, 1.807) is 6.08 Å². The van der Waals surface area contributed by atoms with Crippen LogP contribution in [-0.2, 0) is 15.6 Å². The minimum Gasteiger partial charge on any atom is -0.507 e. The van der Waals surface area contributed by atoms with Crippen LogP contribution in [0.2, 0.25) is 0 Å². The van der Waals surface area contributed by atoms with Gasteiger partial charge in [0.15, 0.2) is 0 Å². The molecule has 0 saturated carbocycles. The predicted molar refractivity (Wildman–Crippen MR) is 114 cm³/mol. The Morgan fingerprint density at radius 1 is 1.14 bits per heavy atom. The van der Waals surface area contributed by atoms with Gasteiger partial charge in [0, 0.05) is 17.2 Å². The maximum Gasteiger partial charge on any atom is 0.387 e. The molecule has 0 aliphatic carbocycles. The van der Waals surface area contributed by atoms with E-state index in [4.69, 9.17) is 0 Å². The lowest BCUT2D eigenvalue weighted by atomic mass is 9.78. The van der Waals surface area contributed by atoms with Gasteiger partial charge in [0.05, 0.1) is 0 Å². The standard InChI is InChI=1S/C22H27N3O4/c1-21(2,3)15-12-14(13-16(19(15)27)22(4,5)6)9-10-18(26)24-17-8-7-11-23-20(17)25(28)29/h7-13,27H,1-6H3,(H,24,26)/b10-9+. The molecule has 1 aromatic heterocycles. The fraction of sp³-hybridized carbons (Fsp3) is 0.364. The minimum absolute atomic E-state index is 0.0311. The van der Waals surface area contributed by atoms with E-state index in [0.717, 1.165) is 16.7 Å². The normalized spacial score (nSPS) is 12.2. The van der Waals surface area contributed by atoms with Crippen LogP contribution < -0.4 is 5.32 Å². The maximum absolute atomic E-state index is 12.3. The molecule has 0 spiro atoms. The number of aromatic nitrogens is 1. The smallest absolute Gasteiger partial charge is 0.387 e. The highest BCUT2D eigenvalue weighted by Gasteiger charge is 2.26. The average molecular weight is 397 g/mol. The Morgan fingerprint density at radius 2 is 1.69 bits per heavy atom. The molecule has 7 nitrogen and oxygen atoms in total. The Hall–Kier alpha value is -3.22. The van der Waals surface area contributed by atoms with Gasteiger partial charge in [-0.05, 0) is 56.6 Å². The van der Waals surface area contributed by atoms with Crippen molar-refractivity contribution < 1.29 is 14.8 Å². The zero-order valence-corrected chi connectivity index (χ0v) is 17.6. The van der Waals surface area contributed by atoms with Gasteiger partial charge in [-0.3, -0.25) is 4.79 Å². The zero-order valence-electron chi connectivity index (χ0n) is 17.6. The number of anilines is 1. The summed E-state index contributed by atoms with van der Waals surface area (Å²) in [5.74, 6) is -0.662. The molecule has 0 fully saturated rings. The summed E-state index contributed by atoms with van der Waals surface area (Å²) < 4.78 is 0. The van der Waals surface area contributed by atoms with Gasteiger partial charge in [0.1, 0.15) is 17.6 Å². The van der Waals surface area contributed by atoms with Gasteiger partial charge >= 0.3 is 5.82 Å². The Labute approximate surface area is 170 Å². The Kier molecular flexibility index (Phi) is 6.11. The van der Waals surface area contributed by atoms with Crippen LogP contribution in [0.3, 0.4) is 0 Å². The van der Waals surface area contributed by atoms with Crippen molar-refractivity contribution in [3.8, 4) is 5.75 Å². The molecule has 154 valence electrons. The third-order valence-electron chi connectivity index (χ3n) is 4.39. The van der Waals surface area contributed by atoms with E-state index < -0.39 is 16.6 Å². The molecule has 29 heavy (non-hydrogen) atoms. The molecule has 0 aliphatic heterocycles. The third kappa shape index (κ3) is 5.40. The van der Waals surface area contributed by atoms with Gasteiger partial charge in [-0.25, -0.2) is 0 Å². The van der Waals surface area contributed by atoms with Gasteiger partial charge in [0.2, 0.25) is 5.91 Å². The molecule has 0 bridgehead atoms. The van der Waals surface area contributed by atoms with Crippen molar-refractivity contribution in [2.45, 2.75) is 52.4 Å². The van der Waals surface area contributed by atoms with Gasteiger partial charge in [-0.15, -0.1) is 0 Å². The van der Waals surface area contributed by atoms with Gasteiger partial charge in [-0.2, -0.15) is 0 Å². The first kappa shape index (κ1) is 22.1. The van der Waals surface area contributed by atoms with Crippen LogP contribution >= 0.6 is 0 Å². The number of nitrogens with one attached hydrogen (secondary N) is 1. The summed E-state index contributed by atoms with van der Waals surface area (Å²) in [4.78, 5) is 26.3. The number of amides is 1. The first-order valence-corrected chi connectivity index (χ1v) is 9.27. The molecule has 1 heterocycles.